The van der Waals surface area contributed by atoms with Gasteiger partial charge in [-0.2, -0.15) is 8.78 Å². The first kappa shape index (κ1) is 20.4. The molecule has 0 aliphatic carbocycles. The Labute approximate surface area is 149 Å². The molecule has 2 N–H and O–H groups in total. The van der Waals surface area contributed by atoms with Crippen molar-refractivity contribution in [3.8, 4) is 5.88 Å². The fourth-order valence-electron chi connectivity index (χ4n) is 2.81. The Kier molecular flexibility index (Phi) is 7.19. The molecular weight excluding hydrogens is 354 g/mol. The summed E-state index contributed by atoms with van der Waals surface area (Å²) in [6.45, 7) is 2.50. The lowest BCUT2D eigenvalue weighted by atomic mass is 9.85. The zero-order valence-electron chi connectivity index (χ0n) is 14.5. The Hall–Kier alpha value is -1.90. The molecule has 1 amide bonds. The second-order valence-corrected chi connectivity index (χ2v) is 6.57. The van der Waals surface area contributed by atoms with Crippen LogP contribution in [0.5, 0.6) is 5.88 Å². The van der Waals surface area contributed by atoms with E-state index in [2.05, 4.69) is 20.4 Å². The Morgan fingerprint density at radius 2 is 2.23 bits per heavy atom. The molecule has 9 heteroatoms. The quantitative estimate of drug-likeness (QED) is 0.683. The van der Waals surface area contributed by atoms with Gasteiger partial charge >= 0.3 is 12.3 Å². The van der Waals surface area contributed by atoms with E-state index in [1.54, 1.807) is 0 Å². The molecule has 1 fully saturated rings. The lowest BCUT2D eigenvalue weighted by Crippen LogP contribution is -2.34. The number of amides is 1. The van der Waals surface area contributed by atoms with Crippen molar-refractivity contribution in [2.45, 2.75) is 38.5 Å². The van der Waals surface area contributed by atoms with E-state index < -0.39 is 19.0 Å². The molecule has 2 unspecified atom stereocenters. The molecule has 5 nitrogen and oxygen atoms in total. The average Bonchev–Trinajstić information content (AvgIpc) is 2.61. The van der Waals surface area contributed by atoms with Gasteiger partial charge in [0.15, 0.2) is 6.61 Å². The van der Waals surface area contributed by atoms with E-state index in [0.29, 0.717) is 18.0 Å². The number of halogens is 4. The highest BCUT2D eigenvalue weighted by atomic mass is 19.3. The van der Waals surface area contributed by atoms with Crippen molar-refractivity contribution in [3.63, 3.8) is 0 Å². The standard InChI is InChI=1S/C17H23F4N3O2/c1-11(12-3-2-6-22-8-12)7-14(25)24-13-4-5-15(23-9-13)26-10-17(20,21)16(18)19/h4-5,9,11-12,16,22H,2-3,6-8,10H2,1H3,(H,24,25). The molecule has 2 rings (SSSR count). The number of alkyl halides is 4. The number of ether oxygens (including phenoxy) is 1. The predicted octanol–water partition coefficient (Wildman–Crippen LogP) is 3.33. The number of nitrogens with one attached hydrogen (secondary N) is 2. The number of hydrogen-bond donors (Lipinski definition) is 2. The lowest BCUT2D eigenvalue weighted by molar-refractivity contribution is -0.148. The molecule has 1 aliphatic rings. The summed E-state index contributed by atoms with van der Waals surface area (Å²) in [7, 11) is 0. The van der Waals surface area contributed by atoms with E-state index in [0.717, 1.165) is 25.9 Å². The monoisotopic (exact) mass is 377 g/mol. The zero-order chi connectivity index (χ0) is 19.2. The maximum atomic E-state index is 12.8. The Morgan fingerprint density at radius 1 is 1.46 bits per heavy atom. The third-order valence-corrected chi connectivity index (χ3v) is 4.40. The van der Waals surface area contributed by atoms with E-state index in [1.807, 2.05) is 6.92 Å². The molecule has 1 aliphatic heterocycles. The number of anilines is 1. The predicted molar refractivity (Wildman–Crippen MR) is 88.7 cm³/mol. The number of aromatic nitrogens is 1. The molecule has 1 aromatic heterocycles. The summed E-state index contributed by atoms with van der Waals surface area (Å²) in [5.74, 6) is -3.93. The Balaban J connectivity index is 1.79. The van der Waals surface area contributed by atoms with E-state index in [-0.39, 0.29) is 17.7 Å². The van der Waals surface area contributed by atoms with Gasteiger partial charge < -0.3 is 15.4 Å². The second-order valence-electron chi connectivity index (χ2n) is 6.57. The minimum absolute atomic E-state index is 0.164. The van der Waals surface area contributed by atoms with Gasteiger partial charge in [0.05, 0.1) is 11.9 Å². The largest absolute Gasteiger partial charge is 0.471 e. The Morgan fingerprint density at radius 3 is 2.81 bits per heavy atom. The minimum atomic E-state index is -4.24. The summed E-state index contributed by atoms with van der Waals surface area (Å²) in [6, 6.07) is 2.67. The van der Waals surface area contributed by atoms with Gasteiger partial charge in [-0.3, -0.25) is 4.79 Å². The molecule has 0 aromatic carbocycles. The third kappa shape index (κ3) is 6.12. The number of rotatable bonds is 8. The number of hydrogen-bond acceptors (Lipinski definition) is 4. The SMILES string of the molecule is CC(CC(=O)Nc1ccc(OCC(F)(F)C(F)F)nc1)C1CCCNC1. The van der Waals surface area contributed by atoms with E-state index in [4.69, 9.17) is 0 Å². The van der Waals surface area contributed by atoms with Crippen LogP contribution in [0.1, 0.15) is 26.2 Å². The van der Waals surface area contributed by atoms with E-state index >= 15 is 0 Å². The maximum Gasteiger partial charge on any atom is 0.340 e. The summed E-state index contributed by atoms with van der Waals surface area (Å²) >= 11 is 0. The topological polar surface area (TPSA) is 63.2 Å². The number of pyridine rings is 1. The summed E-state index contributed by atoms with van der Waals surface area (Å²) < 4.78 is 54.3. The molecule has 0 radical (unpaired) electrons. The van der Waals surface area contributed by atoms with Gasteiger partial charge in [-0.05, 0) is 43.8 Å². The first-order valence-electron chi connectivity index (χ1n) is 8.53. The van der Waals surface area contributed by atoms with Crippen molar-refractivity contribution in [3.05, 3.63) is 18.3 Å². The molecular formula is C17H23F4N3O2. The van der Waals surface area contributed by atoms with Crippen LogP contribution in [0.2, 0.25) is 0 Å². The smallest absolute Gasteiger partial charge is 0.340 e. The van der Waals surface area contributed by atoms with E-state index in [9.17, 15) is 22.4 Å². The van der Waals surface area contributed by atoms with Crippen molar-refractivity contribution >= 4 is 11.6 Å². The van der Waals surface area contributed by atoms with Crippen LogP contribution in [0.3, 0.4) is 0 Å². The fourth-order valence-corrected chi connectivity index (χ4v) is 2.81. The van der Waals surface area contributed by atoms with Crippen molar-refractivity contribution in [2.75, 3.05) is 25.0 Å². The van der Waals surface area contributed by atoms with Crippen LogP contribution in [-0.2, 0) is 4.79 Å². The highest BCUT2D eigenvalue weighted by Gasteiger charge is 2.41. The first-order chi connectivity index (χ1) is 12.3. The molecule has 1 aromatic rings. The first-order valence-corrected chi connectivity index (χ1v) is 8.53. The fraction of sp³-hybridized carbons (Fsp3) is 0.647. The Bertz CT molecular complexity index is 578. The minimum Gasteiger partial charge on any atom is -0.471 e. The summed E-state index contributed by atoms with van der Waals surface area (Å²) in [4.78, 5) is 15.8. The summed E-state index contributed by atoms with van der Waals surface area (Å²) in [6.07, 6.45) is -0.00104. The number of piperidine rings is 1. The molecule has 2 heterocycles. The molecule has 2 atom stereocenters. The number of carbonyl (C=O) groups excluding carboxylic acids is 1. The molecule has 26 heavy (non-hydrogen) atoms. The third-order valence-electron chi connectivity index (χ3n) is 4.40. The molecule has 0 spiro atoms. The van der Waals surface area contributed by atoms with Gasteiger partial charge in [0.2, 0.25) is 11.8 Å². The van der Waals surface area contributed by atoms with Crippen LogP contribution < -0.4 is 15.4 Å². The van der Waals surface area contributed by atoms with Crippen LogP contribution >= 0.6 is 0 Å². The van der Waals surface area contributed by atoms with Gasteiger partial charge in [-0.1, -0.05) is 6.92 Å². The van der Waals surface area contributed by atoms with E-state index in [1.165, 1.54) is 18.3 Å². The van der Waals surface area contributed by atoms with Gasteiger partial charge in [0, 0.05) is 12.5 Å². The van der Waals surface area contributed by atoms with Gasteiger partial charge in [-0.25, -0.2) is 13.8 Å². The van der Waals surface area contributed by atoms with Crippen LogP contribution in [0.15, 0.2) is 18.3 Å². The van der Waals surface area contributed by atoms with Crippen LogP contribution in [0.25, 0.3) is 0 Å². The highest BCUT2D eigenvalue weighted by molar-refractivity contribution is 5.90. The van der Waals surface area contributed by atoms with Crippen LogP contribution in [0.4, 0.5) is 23.2 Å². The van der Waals surface area contributed by atoms with Crippen LogP contribution in [0, 0.1) is 11.8 Å². The lowest BCUT2D eigenvalue weighted by Gasteiger charge is -2.28. The second kappa shape index (κ2) is 9.16. The van der Waals surface area contributed by atoms with Crippen LogP contribution in [-0.4, -0.2) is 42.9 Å². The van der Waals surface area contributed by atoms with Gasteiger partial charge in [0.25, 0.3) is 0 Å². The normalized spacial score (nSPS) is 19.2. The van der Waals surface area contributed by atoms with Crippen molar-refractivity contribution < 1.29 is 27.1 Å². The van der Waals surface area contributed by atoms with Crippen molar-refractivity contribution in [1.82, 2.24) is 10.3 Å². The van der Waals surface area contributed by atoms with Crippen molar-refractivity contribution in [1.29, 1.82) is 0 Å². The number of carbonyl (C=O) groups is 1. The summed E-state index contributed by atoms with van der Waals surface area (Å²) in [5.41, 5.74) is 0.386. The molecule has 146 valence electrons. The number of nitrogens with zero attached hydrogens (tertiary/aromatic N) is 1. The van der Waals surface area contributed by atoms with Gasteiger partial charge in [-0.15, -0.1) is 0 Å². The zero-order valence-corrected chi connectivity index (χ0v) is 14.5. The molecule has 1 saturated heterocycles. The maximum absolute atomic E-state index is 12.8. The average molecular weight is 377 g/mol. The van der Waals surface area contributed by atoms with Gasteiger partial charge in [0.1, 0.15) is 0 Å². The molecule has 0 saturated carbocycles. The molecule has 0 bridgehead atoms. The van der Waals surface area contributed by atoms with Crippen molar-refractivity contribution in [2.24, 2.45) is 11.8 Å². The highest BCUT2D eigenvalue weighted by Crippen LogP contribution is 2.25. The summed E-state index contributed by atoms with van der Waals surface area (Å²) in [5, 5.41) is 6.00.